The second-order valence-electron chi connectivity index (χ2n) is 4.30. The van der Waals surface area contributed by atoms with Gasteiger partial charge in [0.25, 0.3) is 0 Å². The van der Waals surface area contributed by atoms with Crippen molar-refractivity contribution >= 4 is 29.3 Å². The van der Waals surface area contributed by atoms with Gasteiger partial charge >= 0.3 is 5.97 Å². The summed E-state index contributed by atoms with van der Waals surface area (Å²) in [5.41, 5.74) is 0.906. The van der Waals surface area contributed by atoms with Gasteiger partial charge in [-0.3, -0.25) is 10.1 Å². The molecular weight excluding hydrogens is 290 g/mol. The number of halogens is 1. The van der Waals surface area contributed by atoms with Crippen LogP contribution >= 0.6 is 23.4 Å². The van der Waals surface area contributed by atoms with Gasteiger partial charge in [-0.25, -0.2) is 0 Å². The molecular formula is C12H12ClNO4S. The Morgan fingerprint density at radius 1 is 1.42 bits per heavy atom. The third-order valence-electron chi connectivity index (χ3n) is 3.00. The van der Waals surface area contributed by atoms with E-state index in [1.54, 1.807) is 17.8 Å². The number of carboxylic acids is 1. The summed E-state index contributed by atoms with van der Waals surface area (Å²) in [6.07, 6.45) is 0. The zero-order valence-corrected chi connectivity index (χ0v) is 11.5. The number of fused-ring (bicyclic) bond motifs is 1. The zero-order valence-electron chi connectivity index (χ0n) is 9.89. The maximum Gasteiger partial charge on any atom is 0.321 e. The molecule has 1 fully saturated rings. The molecule has 1 saturated heterocycles. The van der Waals surface area contributed by atoms with Crippen molar-refractivity contribution in [2.75, 3.05) is 19.0 Å². The summed E-state index contributed by atoms with van der Waals surface area (Å²) in [5.74, 6) is 0.884. The molecule has 0 saturated carbocycles. The van der Waals surface area contributed by atoms with Crippen molar-refractivity contribution in [3.63, 3.8) is 0 Å². The first kappa shape index (κ1) is 12.9. The number of thioether (sulfide) groups is 1. The molecule has 7 heteroatoms. The molecule has 0 aliphatic carbocycles. The molecule has 2 N–H and O–H groups in total. The van der Waals surface area contributed by atoms with Gasteiger partial charge in [0, 0.05) is 5.75 Å². The van der Waals surface area contributed by atoms with Crippen molar-refractivity contribution in [1.82, 2.24) is 5.32 Å². The lowest BCUT2D eigenvalue weighted by atomic mass is 10.1. The van der Waals surface area contributed by atoms with E-state index < -0.39 is 12.0 Å². The molecule has 2 atom stereocenters. The fourth-order valence-electron chi connectivity index (χ4n) is 2.09. The second-order valence-corrected chi connectivity index (χ2v) is 5.84. The first-order chi connectivity index (χ1) is 9.15. The molecule has 102 valence electrons. The second kappa shape index (κ2) is 5.11. The Hall–Kier alpha value is -1.11. The van der Waals surface area contributed by atoms with Crippen LogP contribution in [0.5, 0.6) is 11.5 Å². The van der Waals surface area contributed by atoms with Crippen molar-refractivity contribution in [3.8, 4) is 11.5 Å². The molecule has 2 unspecified atom stereocenters. The molecule has 2 aliphatic rings. The molecule has 0 bridgehead atoms. The number of hydrogen-bond donors (Lipinski definition) is 2. The van der Waals surface area contributed by atoms with Gasteiger partial charge in [-0.15, -0.1) is 11.8 Å². The average molecular weight is 302 g/mol. The van der Waals surface area contributed by atoms with Gasteiger partial charge in [-0.1, -0.05) is 11.6 Å². The maximum atomic E-state index is 10.9. The van der Waals surface area contributed by atoms with Crippen molar-refractivity contribution in [3.05, 3.63) is 22.7 Å². The summed E-state index contributed by atoms with van der Waals surface area (Å²) in [6, 6.07) is 3.13. The smallest absolute Gasteiger partial charge is 0.321 e. The quantitative estimate of drug-likeness (QED) is 0.869. The van der Waals surface area contributed by atoms with Crippen LogP contribution in [0.15, 0.2) is 12.1 Å². The lowest BCUT2D eigenvalue weighted by molar-refractivity contribution is -0.138. The molecule has 19 heavy (non-hydrogen) atoms. The van der Waals surface area contributed by atoms with E-state index in [2.05, 4.69) is 5.32 Å². The number of aliphatic carboxylic acids is 1. The molecule has 0 amide bonds. The van der Waals surface area contributed by atoms with Crippen molar-refractivity contribution in [1.29, 1.82) is 0 Å². The van der Waals surface area contributed by atoms with Gasteiger partial charge in [0.1, 0.15) is 19.3 Å². The maximum absolute atomic E-state index is 10.9. The summed E-state index contributed by atoms with van der Waals surface area (Å²) < 4.78 is 11.0. The standard InChI is InChI=1S/C12H12ClNO4S/c13-7-3-6(4-9-10(7)18-2-1-17-9)11-14-8(5-19-11)12(15)16/h3-4,8,11,14H,1-2,5H2,(H,15,16). The van der Waals surface area contributed by atoms with Crippen LogP contribution in [0, 0.1) is 0 Å². The Balaban J connectivity index is 1.86. The van der Waals surface area contributed by atoms with E-state index in [0.29, 0.717) is 35.5 Å². The number of nitrogens with one attached hydrogen (secondary N) is 1. The molecule has 1 aromatic rings. The molecule has 0 radical (unpaired) electrons. The van der Waals surface area contributed by atoms with E-state index in [-0.39, 0.29) is 5.37 Å². The zero-order chi connectivity index (χ0) is 13.4. The first-order valence-electron chi connectivity index (χ1n) is 5.84. The van der Waals surface area contributed by atoms with E-state index in [4.69, 9.17) is 26.2 Å². The van der Waals surface area contributed by atoms with E-state index in [0.717, 1.165) is 5.56 Å². The Bertz CT molecular complexity index is 525. The minimum atomic E-state index is -0.835. The molecule has 5 nitrogen and oxygen atoms in total. The number of carboxylic acid groups (broad SMARTS) is 1. The molecule has 2 heterocycles. The van der Waals surface area contributed by atoms with Crippen molar-refractivity contribution < 1.29 is 19.4 Å². The van der Waals surface area contributed by atoms with Crippen LogP contribution in [0.2, 0.25) is 5.02 Å². The summed E-state index contributed by atoms with van der Waals surface area (Å²) in [7, 11) is 0. The van der Waals surface area contributed by atoms with E-state index in [1.807, 2.05) is 6.07 Å². The van der Waals surface area contributed by atoms with Crippen LogP contribution in [-0.2, 0) is 4.79 Å². The molecule has 0 aromatic heterocycles. The van der Waals surface area contributed by atoms with Gasteiger partial charge in [-0.05, 0) is 17.7 Å². The lowest BCUT2D eigenvalue weighted by Gasteiger charge is -2.21. The third kappa shape index (κ3) is 2.48. The van der Waals surface area contributed by atoms with E-state index in [9.17, 15) is 4.79 Å². The van der Waals surface area contributed by atoms with E-state index >= 15 is 0 Å². The van der Waals surface area contributed by atoms with Crippen molar-refractivity contribution in [2.24, 2.45) is 0 Å². The number of rotatable bonds is 2. The SMILES string of the molecule is O=C(O)C1CSC(c2cc(Cl)c3c(c2)OCCO3)N1. The van der Waals surface area contributed by atoms with Crippen LogP contribution in [0.3, 0.4) is 0 Å². The van der Waals surface area contributed by atoms with Crippen LogP contribution in [-0.4, -0.2) is 36.1 Å². The largest absolute Gasteiger partial charge is 0.486 e. The predicted molar refractivity (Wildman–Crippen MR) is 72.2 cm³/mol. The molecule has 3 rings (SSSR count). The van der Waals surface area contributed by atoms with Gasteiger partial charge in [0.05, 0.1) is 10.4 Å². The Morgan fingerprint density at radius 3 is 2.95 bits per heavy atom. The highest BCUT2D eigenvalue weighted by Gasteiger charge is 2.31. The summed E-state index contributed by atoms with van der Waals surface area (Å²) in [4.78, 5) is 10.9. The van der Waals surface area contributed by atoms with E-state index in [1.165, 1.54) is 0 Å². The van der Waals surface area contributed by atoms with Gasteiger partial charge in [-0.2, -0.15) is 0 Å². The normalized spacial score (nSPS) is 25.3. The van der Waals surface area contributed by atoms with Gasteiger partial charge < -0.3 is 14.6 Å². The van der Waals surface area contributed by atoms with Crippen LogP contribution in [0.1, 0.15) is 10.9 Å². The average Bonchev–Trinajstić information content (AvgIpc) is 2.88. The van der Waals surface area contributed by atoms with Crippen LogP contribution in [0.4, 0.5) is 0 Å². The highest BCUT2D eigenvalue weighted by Crippen LogP contribution is 2.42. The Morgan fingerprint density at radius 2 is 2.21 bits per heavy atom. The minimum absolute atomic E-state index is 0.0885. The lowest BCUT2D eigenvalue weighted by Crippen LogP contribution is -2.33. The van der Waals surface area contributed by atoms with Gasteiger partial charge in [0.15, 0.2) is 11.5 Å². The summed E-state index contributed by atoms with van der Waals surface area (Å²) >= 11 is 7.71. The Kier molecular flexibility index (Phi) is 3.47. The number of ether oxygens (including phenoxy) is 2. The fourth-order valence-corrected chi connectivity index (χ4v) is 3.57. The minimum Gasteiger partial charge on any atom is -0.486 e. The topological polar surface area (TPSA) is 67.8 Å². The third-order valence-corrected chi connectivity index (χ3v) is 4.55. The molecule has 1 aromatic carbocycles. The molecule has 0 spiro atoms. The first-order valence-corrected chi connectivity index (χ1v) is 7.27. The Labute approximate surface area is 119 Å². The highest BCUT2D eigenvalue weighted by atomic mass is 35.5. The van der Waals surface area contributed by atoms with Crippen molar-refractivity contribution in [2.45, 2.75) is 11.4 Å². The monoisotopic (exact) mass is 301 g/mol. The van der Waals surface area contributed by atoms with Gasteiger partial charge in [0.2, 0.25) is 0 Å². The summed E-state index contributed by atoms with van der Waals surface area (Å²) in [6.45, 7) is 0.985. The molecule has 2 aliphatic heterocycles. The highest BCUT2D eigenvalue weighted by molar-refractivity contribution is 7.99. The van der Waals surface area contributed by atoms with Crippen LogP contribution < -0.4 is 14.8 Å². The van der Waals surface area contributed by atoms with Crippen LogP contribution in [0.25, 0.3) is 0 Å². The number of carbonyl (C=O) groups is 1. The fraction of sp³-hybridized carbons (Fsp3) is 0.417. The predicted octanol–water partition coefficient (Wildman–Crippen LogP) is 1.90. The number of benzene rings is 1. The number of hydrogen-bond acceptors (Lipinski definition) is 5. The summed E-state index contributed by atoms with van der Waals surface area (Å²) in [5, 5.41) is 12.4.